The molecule has 0 saturated carbocycles. The molecule has 14 heavy (non-hydrogen) atoms. The molecule has 82 valence electrons. The Balaban J connectivity index is 2.02. The molecule has 4 nitrogen and oxygen atoms in total. The van der Waals surface area contributed by atoms with Gasteiger partial charge in [-0.05, 0) is 39.5 Å². The quantitative estimate of drug-likeness (QED) is 0.637. The Morgan fingerprint density at radius 1 is 1.57 bits per heavy atom. The third kappa shape index (κ3) is 4.58. The Kier molecular flexibility index (Phi) is 4.90. The molecule has 1 amide bonds. The summed E-state index contributed by atoms with van der Waals surface area (Å²) in [6.45, 7) is 3.81. The molecule has 0 aromatic heterocycles. The standard InChI is InChI=1S/C10H21N3O/c1-13(2)6-4-10(14)12-8-9-3-5-11-7-9/h9,11H,3-8H2,1-2H3,(H,12,14). The molecule has 0 bridgehead atoms. The second kappa shape index (κ2) is 5.98. The third-order valence-corrected chi connectivity index (χ3v) is 2.54. The molecule has 1 saturated heterocycles. The highest BCUT2D eigenvalue weighted by molar-refractivity contribution is 5.76. The van der Waals surface area contributed by atoms with E-state index in [1.807, 2.05) is 19.0 Å². The van der Waals surface area contributed by atoms with Crippen molar-refractivity contribution in [3.8, 4) is 0 Å². The smallest absolute Gasteiger partial charge is 0.221 e. The highest BCUT2D eigenvalue weighted by Crippen LogP contribution is 2.05. The second-order valence-electron chi connectivity index (χ2n) is 4.22. The fourth-order valence-electron chi connectivity index (χ4n) is 1.56. The highest BCUT2D eigenvalue weighted by Gasteiger charge is 2.14. The van der Waals surface area contributed by atoms with Crippen LogP contribution in [0.1, 0.15) is 12.8 Å². The summed E-state index contributed by atoms with van der Waals surface area (Å²) in [5.74, 6) is 0.809. The Morgan fingerprint density at radius 3 is 2.93 bits per heavy atom. The normalized spacial score (nSPS) is 21.5. The van der Waals surface area contributed by atoms with Gasteiger partial charge in [-0.1, -0.05) is 0 Å². The van der Waals surface area contributed by atoms with Crippen LogP contribution in [0.15, 0.2) is 0 Å². The zero-order valence-corrected chi connectivity index (χ0v) is 9.18. The Labute approximate surface area is 86.0 Å². The molecule has 1 heterocycles. The minimum atomic E-state index is 0.172. The number of hydrogen-bond acceptors (Lipinski definition) is 3. The minimum Gasteiger partial charge on any atom is -0.356 e. The molecule has 1 rings (SSSR count). The van der Waals surface area contributed by atoms with Gasteiger partial charge in [0.1, 0.15) is 0 Å². The summed E-state index contributed by atoms with van der Waals surface area (Å²) in [6, 6.07) is 0. The van der Waals surface area contributed by atoms with Crippen LogP contribution in [-0.2, 0) is 4.79 Å². The van der Waals surface area contributed by atoms with Crippen molar-refractivity contribution in [3.63, 3.8) is 0 Å². The second-order valence-corrected chi connectivity index (χ2v) is 4.22. The van der Waals surface area contributed by atoms with Gasteiger partial charge in [0.25, 0.3) is 0 Å². The van der Waals surface area contributed by atoms with Crippen LogP contribution < -0.4 is 10.6 Å². The molecule has 1 unspecified atom stereocenters. The van der Waals surface area contributed by atoms with Crippen LogP contribution in [-0.4, -0.2) is 51.1 Å². The summed E-state index contributed by atoms with van der Waals surface area (Å²) in [4.78, 5) is 13.4. The Morgan fingerprint density at radius 2 is 2.36 bits per heavy atom. The molecule has 0 radical (unpaired) electrons. The van der Waals surface area contributed by atoms with Gasteiger partial charge in [-0.25, -0.2) is 0 Å². The van der Waals surface area contributed by atoms with E-state index in [-0.39, 0.29) is 5.91 Å². The van der Waals surface area contributed by atoms with Gasteiger partial charge in [0.05, 0.1) is 0 Å². The first kappa shape index (κ1) is 11.5. The lowest BCUT2D eigenvalue weighted by atomic mass is 10.1. The largest absolute Gasteiger partial charge is 0.356 e. The highest BCUT2D eigenvalue weighted by atomic mass is 16.1. The van der Waals surface area contributed by atoms with Crippen molar-refractivity contribution in [2.24, 2.45) is 5.92 Å². The van der Waals surface area contributed by atoms with Gasteiger partial charge < -0.3 is 15.5 Å². The van der Waals surface area contributed by atoms with Gasteiger partial charge in [0.15, 0.2) is 0 Å². The number of nitrogens with one attached hydrogen (secondary N) is 2. The van der Waals surface area contributed by atoms with Gasteiger partial charge in [-0.15, -0.1) is 0 Å². The number of carbonyl (C=O) groups excluding carboxylic acids is 1. The van der Waals surface area contributed by atoms with E-state index in [0.29, 0.717) is 12.3 Å². The summed E-state index contributed by atoms with van der Waals surface area (Å²) in [5.41, 5.74) is 0. The van der Waals surface area contributed by atoms with Crippen molar-refractivity contribution >= 4 is 5.91 Å². The minimum absolute atomic E-state index is 0.172. The zero-order valence-electron chi connectivity index (χ0n) is 9.18. The van der Waals surface area contributed by atoms with Crippen LogP contribution >= 0.6 is 0 Å². The number of nitrogens with zero attached hydrogens (tertiary/aromatic N) is 1. The van der Waals surface area contributed by atoms with Crippen molar-refractivity contribution < 1.29 is 4.79 Å². The summed E-state index contributed by atoms with van der Waals surface area (Å²) in [6.07, 6.45) is 1.79. The molecule has 1 aliphatic heterocycles. The van der Waals surface area contributed by atoms with E-state index in [1.54, 1.807) is 0 Å². The first-order chi connectivity index (χ1) is 6.68. The van der Waals surface area contributed by atoms with Crippen molar-refractivity contribution in [2.75, 3.05) is 40.3 Å². The fraction of sp³-hybridized carbons (Fsp3) is 0.900. The summed E-state index contributed by atoms with van der Waals surface area (Å²) < 4.78 is 0. The van der Waals surface area contributed by atoms with E-state index in [4.69, 9.17) is 0 Å². The van der Waals surface area contributed by atoms with E-state index in [0.717, 1.165) is 26.2 Å². The summed E-state index contributed by atoms with van der Waals surface area (Å²) >= 11 is 0. The molecule has 1 atom stereocenters. The lowest BCUT2D eigenvalue weighted by Gasteiger charge is -2.12. The first-order valence-electron chi connectivity index (χ1n) is 5.30. The Bertz CT molecular complexity index is 176. The molecule has 0 aromatic carbocycles. The van der Waals surface area contributed by atoms with Crippen LogP contribution in [0.3, 0.4) is 0 Å². The van der Waals surface area contributed by atoms with Crippen molar-refractivity contribution in [1.29, 1.82) is 0 Å². The number of amides is 1. The molecule has 4 heteroatoms. The van der Waals surface area contributed by atoms with Crippen molar-refractivity contribution in [2.45, 2.75) is 12.8 Å². The molecule has 1 fully saturated rings. The van der Waals surface area contributed by atoms with Gasteiger partial charge in [0, 0.05) is 19.5 Å². The van der Waals surface area contributed by atoms with E-state index in [9.17, 15) is 4.79 Å². The first-order valence-corrected chi connectivity index (χ1v) is 5.30. The molecule has 0 aromatic rings. The molecule has 0 aliphatic carbocycles. The van der Waals surface area contributed by atoms with Gasteiger partial charge in [-0.2, -0.15) is 0 Å². The molecular weight excluding hydrogens is 178 g/mol. The predicted octanol–water partition coefficient (Wildman–Crippen LogP) is -0.336. The maximum Gasteiger partial charge on any atom is 0.221 e. The van der Waals surface area contributed by atoms with E-state index in [1.165, 1.54) is 6.42 Å². The third-order valence-electron chi connectivity index (χ3n) is 2.54. The number of hydrogen-bond donors (Lipinski definition) is 2. The van der Waals surface area contributed by atoms with E-state index in [2.05, 4.69) is 10.6 Å². The SMILES string of the molecule is CN(C)CCC(=O)NCC1CCNC1. The lowest BCUT2D eigenvalue weighted by Crippen LogP contribution is -2.32. The lowest BCUT2D eigenvalue weighted by molar-refractivity contribution is -0.121. The van der Waals surface area contributed by atoms with Crippen LogP contribution in [0.2, 0.25) is 0 Å². The topological polar surface area (TPSA) is 44.4 Å². The van der Waals surface area contributed by atoms with Gasteiger partial charge in [-0.3, -0.25) is 4.79 Å². The molecule has 1 aliphatic rings. The maximum absolute atomic E-state index is 11.3. The zero-order chi connectivity index (χ0) is 10.4. The van der Waals surface area contributed by atoms with Crippen LogP contribution in [0.5, 0.6) is 0 Å². The van der Waals surface area contributed by atoms with Crippen molar-refractivity contribution in [3.05, 3.63) is 0 Å². The van der Waals surface area contributed by atoms with Crippen LogP contribution in [0.4, 0.5) is 0 Å². The predicted molar refractivity (Wildman–Crippen MR) is 57.2 cm³/mol. The van der Waals surface area contributed by atoms with Crippen molar-refractivity contribution in [1.82, 2.24) is 15.5 Å². The maximum atomic E-state index is 11.3. The number of rotatable bonds is 5. The van der Waals surface area contributed by atoms with E-state index >= 15 is 0 Å². The van der Waals surface area contributed by atoms with E-state index < -0.39 is 0 Å². The monoisotopic (exact) mass is 199 g/mol. The average Bonchev–Trinajstić information content (AvgIpc) is 2.63. The van der Waals surface area contributed by atoms with Gasteiger partial charge >= 0.3 is 0 Å². The fourth-order valence-corrected chi connectivity index (χ4v) is 1.56. The summed E-state index contributed by atoms with van der Waals surface area (Å²) in [5, 5.41) is 6.26. The molecule has 0 spiro atoms. The Hall–Kier alpha value is -0.610. The molecular formula is C10H21N3O. The van der Waals surface area contributed by atoms with Gasteiger partial charge in [0.2, 0.25) is 5.91 Å². The van der Waals surface area contributed by atoms with Crippen LogP contribution in [0, 0.1) is 5.92 Å². The van der Waals surface area contributed by atoms with Crippen LogP contribution in [0.25, 0.3) is 0 Å². The average molecular weight is 199 g/mol. The number of carbonyl (C=O) groups is 1. The molecule has 2 N–H and O–H groups in total. The summed E-state index contributed by atoms with van der Waals surface area (Å²) in [7, 11) is 3.96.